The van der Waals surface area contributed by atoms with E-state index in [1.807, 2.05) is 48.1 Å². The molecule has 0 unspecified atom stereocenters. The summed E-state index contributed by atoms with van der Waals surface area (Å²) in [7, 11) is 0. The van der Waals surface area contributed by atoms with Crippen molar-refractivity contribution < 1.29 is 4.79 Å². The molecule has 0 atom stereocenters. The van der Waals surface area contributed by atoms with Crippen LogP contribution in [0.2, 0.25) is 0 Å². The summed E-state index contributed by atoms with van der Waals surface area (Å²) in [4.78, 5) is 20.7. The molecule has 0 spiro atoms. The van der Waals surface area contributed by atoms with E-state index in [1.165, 1.54) is 11.1 Å². The summed E-state index contributed by atoms with van der Waals surface area (Å²) in [5, 5.41) is 6.06. The number of carbonyl (C=O) groups excluding carboxylic acids is 1. The molecule has 0 aliphatic heterocycles. The number of carbonyl (C=O) groups is 1. The quantitative estimate of drug-likeness (QED) is 0.589. The van der Waals surface area contributed by atoms with E-state index < -0.39 is 0 Å². The normalized spacial score (nSPS) is 10.6. The lowest BCUT2D eigenvalue weighted by Crippen LogP contribution is -2.26. The van der Waals surface area contributed by atoms with Crippen LogP contribution in [-0.2, 0) is 30.5 Å². The number of pyridine rings is 1. The van der Waals surface area contributed by atoms with Crippen LogP contribution in [0.1, 0.15) is 28.2 Å². The first-order valence-corrected chi connectivity index (χ1v) is 9.80. The third-order valence-electron chi connectivity index (χ3n) is 4.13. The molecule has 0 aliphatic carbocycles. The topological polar surface area (TPSA) is 54.9 Å². The molecule has 26 heavy (non-hydrogen) atoms. The number of thiazole rings is 1. The maximum atomic E-state index is 12.1. The van der Waals surface area contributed by atoms with E-state index in [-0.39, 0.29) is 5.91 Å². The number of aryl methyl sites for hydroxylation is 3. The van der Waals surface area contributed by atoms with Crippen LogP contribution < -0.4 is 5.32 Å². The molecule has 4 nitrogen and oxygen atoms in total. The van der Waals surface area contributed by atoms with E-state index in [4.69, 9.17) is 0 Å². The molecule has 0 aliphatic rings. The second-order valence-electron chi connectivity index (χ2n) is 6.20. The fourth-order valence-corrected chi connectivity index (χ4v) is 3.54. The van der Waals surface area contributed by atoms with Crippen LogP contribution in [0.25, 0.3) is 0 Å². The Hall–Kier alpha value is -2.53. The molecule has 3 aromatic rings. The summed E-state index contributed by atoms with van der Waals surface area (Å²) in [6.45, 7) is 0.701. The minimum atomic E-state index is 0.0454. The van der Waals surface area contributed by atoms with Crippen LogP contribution in [0.5, 0.6) is 0 Å². The molecule has 0 saturated carbocycles. The number of benzene rings is 1. The van der Waals surface area contributed by atoms with Gasteiger partial charge in [-0.05, 0) is 42.5 Å². The van der Waals surface area contributed by atoms with Crippen molar-refractivity contribution in [2.75, 3.05) is 6.54 Å². The molecule has 134 valence electrons. The standard InChI is InChI=1S/C21H23N3OS/c25-20(23-12-4-7-17-5-2-1-3-6-17)15-19-16-26-21(24-19)9-8-18-10-13-22-14-11-18/h1-3,5-6,10-11,13-14,16H,4,7-9,12,15H2,(H,23,25). The molecule has 2 heterocycles. The predicted octanol–water partition coefficient (Wildman–Crippen LogP) is 3.61. The molecule has 1 amide bonds. The van der Waals surface area contributed by atoms with Gasteiger partial charge >= 0.3 is 0 Å². The molecule has 0 radical (unpaired) electrons. The van der Waals surface area contributed by atoms with Crippen LogP contribution in [0.4, 0.5) is 0 Å². The van der Waals surface area contributed by atoms with E-state index in [1.54, 1.807) is 11.3 Å². The predicted molar refractivity (Wildman–Crippen MR) is 105 cm³/mol. The van der Waals surface area contributed by atoms with Crippen molar-refractivity contribution in [3.63, 3.8) is 0 Å². The van der Waals surface area contributed by atoms with Crippen molar-refractivity contribution in [3.8, 4) is 0 Å². The first-order valence-electron chi connectivity index (χ1n) is 8.92. The van der Waals surface area contributed by atoms with Gasteiger partial charge in [0.15, 0.2) is 0 Å². The van der Waals surface area contributed by atoms with E-state index >= 15 is 0 Å². The molecule has 0 fully saturated rings. The zero-order valence-electron chi connectivity index (χ0n) is 14.7. The Morgan fingerprint density at radius 2 is 1.73 bits per heavy atom. The van der Waals surface area contributed by atoms with Gasteiger partial charge in [0.25, 0.3) is 0 Å². The van der Waals surface area contributed by atoms with Crippen molar-refractivity contribution in [1.82, 2.24) is 15.3 Å². The maximum absolute atomic E-state index is 12.1. The third kappa shape index (κ3) is 6.08. The first-order chi connectivity index (χ1) is 12.8. The zero-order valence-corrected chi connectivity index (χ0v) is 15.5. The van der Waals surface area contributed by atoms with E-state index in [0.29, 0.717) is 13.0 Å². The van der Waals surface area contributed by atoms with Gasteiger partial charge < -0.3 is 5.32 Å². The Labute approximate surface area is 158 Å². The molecular weight excluding hydrogens is 342 g/mol. The van der Waals surface area contributed by atoms with Crippen LogP contribution in [0, 0.1) is 0 Å². The molecule has 3 rings (SSSR count). The SMILES string of the molecule is O=C(Cc1csc(CCc2ccncc2)n1)NCCCc1ccccc1. The Kier molecular flexibility index (Phi) is 6.90. The number of hydrogen-bond donors (Lipinski definition) is 1. The summed E-state index contributed by atoms with van der Waals surface area (Å²) >= 11 is 1.63. The summed E-state index contributed by atoms with van der Waals surface area (Å²) in [5.74, 6) is 0.0454. The van der Waals surface area contributed by atoms with Crippen LogP contribution in [0.3, 0.4) is 0 Å². The zero-order chi connectivity index (χ0) is 18.0. The third-order valence-corrected chi connectivity index (χ3v) is 5.08. The average Bonchev–Trinajstić information content (AvgIpc) is 3.12. The summed E-state index contributed by atoms with van der Waals surface area (Å²) in [6, 6.07) is 14.4. The Morgan fingerprint density at radius 3 is 2.54 bits per heavy atom. The smallest absolute Gasteiger partial charge is 0.226 e. The highest BCUT2D eigenvalue weighted by atomic mass is 32.1. The highest BCUT2D eigenvalue weighted by Gasteiger charge is 2.08. The lowest BCUT2D eigenvalue weighted by atomic mass is 10.1. The Bertz CT molecular complexity index is 802. The molecule has 2 aromatic heterocycles. The van der Waals surface area contributed by atoms with Gasteiger partial charge in [0, 0.05) is 30.7 Å². The van der Waals surface area contributed by atoms with Crippen LogP contribution in [0.15, 0.2) is 60.2 Å². The van der Waals surface area contributed by atoms with Gasteiger partial charge in [0.05, 0.1) is 17.1 Å². The number of nitrogens with one attached hydrogen (secondary N) is 1. The monoisotopic (exact) mass is 365 g/mol. The second-order valence-corrected chi connectivity index (χ2v) is 7.15. The van der Waals surface area contributed by atoms with Crippen LogP contribution >= 0.6 is 11.3 Å². The van der Waals surface area contributed by atoms with E-state index in [9.17, 15) is 4.79 Å². The Morgan fingerprint density at radius 1 is 0.962 bits per heavy atom. The van der Waals surface area contributed by atoms with Crippen molar-refractivity contribution in [3.05, 3.63) is 82.1 Å². The number of rotatable bonds is 9. The van der Waals surface area contributed by atoms with E-state index in [2.05, 4.69) is 27.4 Å². The van der Waals surface area contributed by atoms with Gasteiger partial charge in [-0.15, -0.1) is 11.3 Å². The number of aromatic nitrogens is 2. The lowest BCUT2D eigenvalue weighted by molar-refractivity contribution is -0.120. The summed E-state index contributed by atoms with van der Waals surface area (Å²) in [6.07, 6.45) is 7.75. The van der Waals surface area contributed by atoms with Crippen molar-refractivity contribution >= 4 is 17.2 Å². The lowest BCUT2D eigenvalue weighted by Gasteiger charge is -2.04. The summed E-state index contributed by atoms with van der Waals surface area (Å²) < 4.78 is 0. The average molecular weight is 366 g/mol. The van der Waals surface area contributed by atoms with Gasteiger partial charge in [-0.1, -0.05) is 30.3 Å². The van der Waals surface area contributed by atoms with Gasteiger partial charge in [-0.2, -0.15) is 0 Å². The fraction of sp³-hybridized carbons (Fsp3) is 0.286. The molecule has 5 heteroatoms. The van der Waals surface area contributed by atoms with Gasteiger partial charge in [-0.25, -0.2) is 4.98 Å². The first kappa shape index (κ1) is 18.3. The van der Waals surface area contributed by atoms with Crippen LogP contribution in [-0.4, -0.2) is 22.4 Å². The molecular formula is C21H23N3OS. The molecule has 0 bridgehead atoms. The van der Waals surface area contributed by atoms with Crippen molar-refractivity contribution in [2.45, 2.75) is 32.1 Å². The van der Waals surface area contributed by atoms with Gasteiger partial charge in [-0.3, -0.25) is 9.78 Å². The van der Waals surface area contributed by atoms with Crippen molar-refractivity contribution in [2.24, 2.45) is 0 Å². The van der Waals surface area contributed by atoms with E-state index in [0.717, 1.165) is 36.4 Å². The highest BCUT2D eigenvalue weighted by Crippen LogP contribution is 2.13. The maximum Gasteiger partial charge on any atom is 0.226 e. The fourth-order valence-electron chi connectivity index (χ4n) is 2.74. The minimum Gasteiger partial charge on any atom is -0.356 e. The van der Waals surface area contributed by atoms with Gasteiger partial charge in [0.2, 0.25) is 5.91 Å². The van der Waals surface area contributed by atoms with Crippen molar-refractivity contribution in [1.29, 1.82) is 0 Å². The molecule has 1 aromatic carbocycles. The minimum absolute atomic E-state index is 0.0454. The second kappa shape index (κ2) is 9.82. The molecule has 0 saturated heterocycles. The Balaban J connectivity index is 1.36. The van der Waals surface area contributed by atoms with Gasteiger partial charge in [0.1, 0.15) is 0 Å². The highest BCUT2D eigenvalue weighted by molar-refractivity contribution is 7.09. The summed E-state index contributed by atoms with van der Waals surface area (Å²) in [5.41, 5.74) is 3.42. The largest absolute Gasteiger partial charge is 0.356 e. The molecule has 1 N–H and O–H groups in total. The number of nitrogens with zero attached hydrogens (tertiary/aromatic N) is 2. The number of amides is 1. The number of hydrogen-bond acceptors (Lipinski definition) is 4.